The summed E-state index contributed by atoms with van der Waals surface area (Å²) in [5.74, 6) is 0. The molecule has 0 spiro atoms. The Kier molecular flexibility index (Phi) is 32.9. The number of hydrogen-bond donors (Lipinski definition) is 2. The molecule has 0 aliphatic heterocycles. The molecule has 2 N–H and O–H groups in total. The predicted molar refractivity (Wildman–Crippen MR) is 227 cm³/mol. The molecule has 2 aromatic carbocycles. The van der Waals surface area contributed by atoms with Crippen molar-refractivity contribution in [2.75, 3.05) is 39.3 Å². The second kappa shape index (κ2) is 30.0. The third-order valence-electron chi connectivity index (χ3n) is 9.05. The monoisotopic (exact) mass is 870 g/mol. The topological polar surface area (TPSA) is 30.5 Å². The minimum atomic E-state index is 0. The van der Waals surface area contributed by atoms with Gasteiger partial charge in [-0.25, -0.2) is 0 Å². The molecule has 1 aliphatic rings. The smallest absolute Gasteiger partial charge is 0.412 e. The van der Waals surface area contributed by atoms with Gasteiger partial charge in [-0.05, 0) is 61.8 Å². The molecule has 1 aliphatic carbocycles. The van der Waals surface area contributed by atoms with E-state index in [4.69, 9.17) is 99.4 Å². The number of aryl methyl sites for hydroxylation is 2. The zero-order valence-corrected chi connectivity index (χ0v) is 46.0. The van der Waals surface area contributed by atoms with Gasteiger partial charge in [-0.15, -0.1) is 0 Å². The maximum atomic E-state index is 5.33. The number of nitrogens with zero attached hydrogens (tertiary/aromatic N) is 2. The molecule has 0 aromatic heterocycles. The summed E-state index contributed by atoms with van der Waals surface area (Å²) in [5, 5.41) is 6.05. The van der Waals surface area contributed by atoms with Crippen LogP contribution in [0.4, 0.5) is 0 Å². The molecule has 16 heteroatoms. The van der Waals surface area contributed by atoms with Gasteiger partial charge in [0.1, 0.15) is 0 Å². The van der Waals surface area contributed by atoms with Crippen molar-refractivity contribution in [3.63, 3.8) is 0 Å². The van der Waals surface area contributed by atoms with Gasteiger partial charge in [-0.3, -0.25) is 0 Å². The van der Waals surface area contributed by atoms with E-state index >= 15 is 0 Å². The van der Waals surface area contributed by atoms with Crippen molar-refractivity contribution in [1.82, 2.24) is 20.4 Å². The second-order valence-corrected chi connectivity index (χ2v) is 16.7. The Labute approximate surface area is 440 Å². The van der Waals surface area contributed by atoms with Gasteiger partial charge < -0.3 is 120 Å². The number of thiocarbonyl (C=S) groups is 4. The summed E-state index contributed by atoms with van der Waals surface area (Å²) in [5.41, 5.74) is 8.55. The first-order valence-corrected chi connectivity index (χ1v) is 19.8. The molecule has 0 saturated heterocycles. The third-order valence-corrected chi connectivity index (χ3v) is 10.7. The van der Waals surface area contributed by atoms with E-state index in [0.29, 0.717) is 30.4 Å². The van der Waals surface area contributed by atoms with E-state index in [1.807, 2.05) is 0 Å². The van der Waals surface area contributed by atoms with Crippen LogP contribution in [0.15, 0.2) is 36.4 Å². The molecule has 51 heavy (non-hydrogen) atoms. The fraction of sp³-hybridized carbons (Fsp3) is 0.543. The predicted octanol–water partition coefficient (Wildman–Crippen LogP) is -4.40. The Morgan fingerprint density at radius 3 is 1.24 bits per heavy atom. The van der Waals surface area contributed by atoms with Crippen molar-refractivity contribution in [1.29, 1.82) is 0 Å². The first-order valence-electron chi connectivity index (χ1n) is 16.5. The molecule has 4 nitrogen and oxygen atoms in total. The number of nitrogens with one attached hydrogen (secondary N) is 2. The second-order valence-electron chi connectivity index (χ2n) is 12.4. The molecule has 0 radical (unpaired) electrons. The summed E-state index contributed by atoms with van der Waals surface area (Å²) in [6.45, 7) is 8.98. The summed E-state index contributed by atoms with van der Waals surface area (Å²) < 4.78 is 1.80. The molecule has 2 aromatic rings. The fourth-order valence-electron chi connectivity index (χ4n) is 6.73. The van der Waals surface area contributed by atoms with Gasteiger partial charge in [0, 0.05) is 44.7 Å². The van der Waals surface area contributed by atoms with Crippen LogP contribution in [0.25, 0.3) is 11.1 Å². The average molecular weight is 871 g/mol. The van der Waals surface area contributed by atoms with Crippen molar-refractivity contribution in [3.8, 4) is 11.1 Å². The van der Waals surface area contributed by atoms with Crippen LogP contribution in [0, 0.1) is 13.8 Å². The quantitative estimate of drug-likeness (QED) is 0.0585. The molecule has 0 amide bonds. The van der Waals surface area contributed by atoms with Crippen LogP contribution in [-0.4, -0.2) is 66.4 Å². The van der Waals surface area contributed by atoms with Crippen LogP contribution < -0.4 is 129 Å². The number of rotatable bonds is 20. The minimum absolute atomic E-state index is 0. The van der Waals surface area contributed by atoms with Crippen LogP contribution in [0.3, 0.4) is 0 Å². The zero-order valence-electron chi connectivity index (χ0n) is 31.4. The average Bonchev–Trinajstić information content (AvgIpc) is 3.25. The van der Waals surface area contributed by atoms with E-state index in [2.05, 4.69) is 70.7 Å². The molecule has 0 fully saturated rings. The Morgan fingerprint density at radius 2 is 0.902 bits per heavy atom. The van der Waals surface area contributed by atoms with E-state index in [-0.39, 0.29) is 124 Å². The summed E-state index contributed by atoms with van der Waals surface area (Å²) in [6.07, 6.45) is 11.4. The molecule has 0 atom stereocenters. The Morgan fingerprint density at radius 1 is 0.549 bits per heavy atom. The van der Waals surface area contributed by atoms with Crippen molar-refractivity contribution in [2.45, 2.75) is 83.5 Å². The summed E-state index contributed by atoms with van der Waals surface area (Å²) in [6, 6.07) is 14.1. The molecule has 3 rings (SSSR count). The van der Waals surface area contributed by atoms with E-state index in [0.717, 1.165) is 64.7 Å². The summed E-state index contributed by atoms with van der Waals surface area (Å²) >= 11 is 41.1. The number of fused-ring (bicyclic) bond motifs is 3. The van der Waals surface area contributed by atoms with Crippen molar-refractivity contribution >= 4 is 117 Å². The fourth-order valence-corrected chi connectivity index (χ4v) is 7.87. The van der Waals surface area contributed by atoms with Crippen LogP contribution >= 0.6 is 48.9 Å². The van der Waals surface area contributed by atoms with Gasteiger partial charge in [0.15, 0.2) is 0 Å². The van der Waals surface area contributed by atoms with Gasteiger partial charge in [-0.2, -0.15) is 0 Å². The van der Waals surface area contributed by atoms with E-state index in [1.165, 1.54) is 59.1 Å². The Hall–Kier alpha value is 2.88. The van der Waals surface area contributed by atoms with Gasteiger partial charge in [0.25, 0.3) is 0 Å². The van der Waals surface area contributed by atoms with Crippen molar-refractivity contribution in [3.05, 3.63) is 58.7 Å². The van der Waals surface area contributed by atoms with Crippen molar-refractivity contribution < 1.29 is 118 Å². The largest absolute Gasteiger partial charge is 1.00 e. The molecule has 0 bridgehead atoms. The van der Waals surface area contributed by atoms with E-state index in [1.54, 1.807) is 0 Å². The van der Waals surface area contributed by atoms with E-state index < -0.39 is 0 Å². The van der Waals surface area contributed by atoms with Crippen LogP contribution in [0.1, 0.15) is 86.5 Å². The van der Waals surface area contributed by atoms with Gasteiger partial charge >= 0.3 is 118 Å². The molecule has 0 saturated carbocycles. The van der Waals surface area contributed by atoms with Gasteiger partial charge in [0.2, 0.25) is 0 Å². The SMILES string of the molecule is Cc1ccc2c(c1)C(CCCCCCN(CCNC(=S)[S-])C(=S)[S-])(CCCCCCN(CCNC(=S)[S-])C(=S)[S-])c1cc(C)ccc1-2.[Na+].[Na+].[Na+].[Na+]. The van der Waals surface area contributed by atoms with Crippen molar-refractivity contribution in [2.24, 2.45) is 0 Å². The standard InChI is InChI=1S/C35H50N4S8.4Na/c1-25-11-13-27-28-14-12-26(2)24-30(28)35(29(27)23-25,15-7-3-5-9-19-38(33(44)45)21-17-36-31(40)41)16-8-4-6-10-20-39(34(46)47)22-18-37-32(42)43;;;;/h11-14,23-24H,3-10,15-22H2,1-2H3,(H,44,45)(H,46,47)(H2,36,40,41)(H2,37,42,43);;;;/q;4*+1/p-4. The minimum Gasteiger partial charge on any atom is -0.412 e. The first-order chi connectivity index (χ1) is 22.4. The third kappa shape index (κ3) is 19.0. The maximum Gasteiger partial charge on any atom is 1.00 e. The first kappa shape index (κ1) is 56.0. The van der Waals surface area contributed by atoms with Gasteiger partial charge in [-0.1, -0.05) is 103 Å². The Bertz CT molecular complexity index is 1300. The molecular formula is C35H46N4Na4S8. The van der Waals surface area contributed by atoms with Crippen LogP contribution in [0.2, 0.25) is 0 Å². The zero-order chi connectivity index (χ0) is 34.4. The van der Waals surface area contributed by atoms with Gasteiger partial charge in [0.05, 0.1) is 0 Å². The molecule has 258 valence electrons. The number of hydrogen-bond acceptors (Lipinski definition) is 8. The Balaban J connectivity index is 0. The van der Waals surface area contributed by atoms with E-state index in [9.17, 15) is 0 Å². The molecular weight excluding hydrogens is 825 g/mol. The summed E-state index contributed by atoms with van der Waals surface area (Å²) in [7, 11) is 0. The number of unbranched alkanes of at least 4 members (excludes halogenated alkanes) is 6. The maximum absolute atomic E-state index is 5.33. The molecule has 0 unspecified atom stereocenters. The van der Waals surface area contributed by atoms with Crippen LogP contribution in [-0.2, 0) is 55.9 Å². The molecule has 0 heterocycles. The normalized spacial score (nSPS) is 11.6. The van der Waals surface area contributed by atoms with Crippen LogP contribution in [0.5, 0.6) is 0 Å². The summed E-state index contributed by atoms with van der Waals surface area (Å²) in [4.78, 5) is 4.16. The number of benzene rings is 2.